The maximum atomic E-state index is 4.22. The number of rotatable bonds is 4. The van der Waals surface area contributed by atoms with Crippen LogP contribution in [-0.2, 0) is 6.54 Å². The number of fused-ring (bicyclic) bond motifs is 1. The van der Waals surface area contributed by atoms with Gasteiger partial charge in [-0.3, -0.25) is 9.88 Å². The first-order valence-corrected chi connectivity index (χ1v) is 8.32. The van der Waals surface area contributed by atoms with Crippen molar-refractivity contribution in [1.29, 1.82) is 0 Å². The van der Waals surface area contributed by atoms with E-state index in [0.29, 0.717) is 6.04 Å². The molecule has 1 aliphatic rings. The molecule has 1 fully saturated rings. The summed E-state index contributed by atoms with van der Waals surface area (Å²) >= 11 is 0. The van der Waals surface area contributed by atoms with Gasteiger partial charge in [0.25, 0.3) is 0 Å². The normalized spacial score (nSPS) is 19.0. The van der Waals surface area contributed by atoms with Gasteiger partial charge in [-0.15, -0.1) is 0 Å². The number of aromatic nitrogens is 2. The van der Waals surface area contributed by atoms with Crippen LogP contribution in [0.4, 0.5) is 5.69 Å². The second kappa shape index (κ2) is 6.42. The molecular formula is C19H22N4. The Hall–Kier alpha value is -2.33. The van der Waals surface area contributed by atoms with Crippen LogP contribution in [0.15, 0.2) is 55.0 Å². The highest BCUT2D eigenvalue weighted by molar-refractivity contribution is 5.93. The van der Waals surface area contributed by atoms with Gasteiger partial charge in [-0.05, 0) is 43.7 Å². The number of H-pyrrole nitrogens is 1. The van der Waals surface area contributed by atoms with Crippen LogP contribution in [-0.4, -0.2) is 34.0 Å². The highest BCUT2D eigenvalue weighted by Crippen LogP contribution is 2.25. The summed E-state index contributed by atoms with van der Waals surface area (Å²) in [4.78, 5) is 10.0. The first-order valence-electron chi connectivity index (χ1n) is 8.32. The molecule has 0 radical (unpaired) electrons. The summed E-state index contributed by atoms with van der Waals surface area (Å²) in [5, 5.41) is 6.20. The van der Waals surface area contributed by atoms with E-state index < -0.39 is 0 Å². The zero-order chi connectivity index (χ0) is 15.5. The van der Waals surface area contributed by atoms with Crippen molar-refractivity contribution in [3.63, 3.8) is 0 Å². The lowest BCUT2D eigenvalue weighted by Gasteiger charge is -2.33. The van der Waals surface area contributed by atoms with Gasteiger partial charge in [-0.1, -0.05) is 12.1 Å². The van der Waals surface area contributed by atoms with Crippen LogP contribution < -0.4 is 5.32 Å². The summed E-state index contributed by atoms with van der Waals surface area (Å²) in [5.41, 5.74) is 2.51. The predicted octanol–water partition coefficient (Wildman–Crippen LogP) is 3.64. The Morgan fingerprint density at radius 3 is 3.13 bits per heavy atom. The zero-order valence-electron chi connectivity index (χ0n) is 13.2. The lowest BCUT2D eigenvalue weighted by molar-refractivity contribution is 0.207. The molecule has 23 heavy (non-hydrogen) atoms. The molecule has 1 atom stereocenters. The molecule has 3 heterocycles. The highest BCUT2D eigenvalue weighted by Gasteiger charge is 2.20. The van der Waals surface area contributed by atoms with Gasteiger partial charge < -0.3 is 10.3 Å². The molecule has 1 unspecified atom stereocenters. The van der Waals surface area contributed by atoms with Crippen molar-refractivity contribution in [3.05, 3.63) is 60.7 Å². The van der Waals surface area contributed by atoms with Gasteiger partial charge in [0.2, 0.25) is 0 Å². The lowest BCUT2D eigenvalue weighted by Crippen LogP contribution is -2.41. The SMILES string of the molecule is c1c[nH]c(CN2CCCC(Nc3cccc4cnccc34)C2)c1. The summed E-state index contributed by atoms with van der Waals surface area (Å²) in [6.07, 6.45) is 8.26. The zero-order valence-corrected chi connectivity index (χ0v) is 13.2. The van der Waals surface area contributed by atoms with E-state index in [0.717, 1.165) is 13.1 Å². The first-order chi connectivity index (χ1) is 11.4. The minimum absolute atomic E-state index is 0.498. The Bertz CT molecular complexity index is 761. The van der Waals surface area contributed by atoms with Crippen molar-refractivity contribution < 1.29 is 0 Å². The molecule has 118 valence electrons. The van der Waals surface area contributed by atoms with E-state index in [4.69, 9.17) is 0 Å². The maximum Gasteiger partial charge on any atom is 0.0423 e. The largest absolute Gasteiger partial charge is 0.381 e. The van der Waals surface area contributed by atoms with Gasteiger partial charge in [0, 0.05) is 59.9 Å². The summed E-state index contributed by atoms with van der Waals surface area (Å²) in [6, 6.07) is 13.2. The summed E-state index contributed by atoms with van der Waals surface area (Å²) in [5.74, 6) is 0. The van der Waals surface area contributed by atoms with E-state index >= 15 is 0 Å². The Morgan fingerprint density at radius 1 is 1.22 bits per heavy atom. The number of aromatic amines is 1. The van der Waals surface area contributed by atoms with Crippen LogP contribution in [0.3, 0.4) is 0 Å². The third-order valence-electron chi connectivity index (χ3n) is 4.60. The number of piperidine rings is 1. The first kappa shape index (κ1) is 14.3. The molecule has 0 aliphatic carbocycles. The molecule has 2 aromatic heterocycles. The number of pyridine rings is 1. The Labute approximate surface area is 136 Å². The van der Waals surface area contributed by atoms with Crippen molar-refractivity contribution in [2.24, 2.45) is 0 Å². The third-order valence-corrected chi connectivity index (χ3v) is 4.60. The van der Waals surface area contributed by atoms with Gasteiger partial charge in [0.05, 0.1) is 0 Å². The van der Waals surface area contributed by atoms with E-state index in [1.165, 1.54) is 41.5 Å². The average molecular weight is 306 g/mol. The number of likely N-dealkylation sites (tertiary alicyclic amines) is 1. The van der Waals surface area contributed by atoms with Crippen LogP contribution in [0.25, 0.3) is 10.8 Å². The molecule has 4 rings (SSSR count). The standard InChI is InChI=1S/C19H22N4/c1-4-15-12-20-10-8-18(15)19(7-1)22-17-6-3-11-23(14-17)13-16-5-2-9-21-16/h1-2,4-5,7-10,12,17,21-22H,3,6,11,13-14H2. The number of benzene rings is 1. The molecule has 0 amide bonds. The summed E-state index contributed by atoms with van der Waals surface area (Å²) in [6.45, 7) is 3.27. The van der Waals surface area contributed by atoms with Crippen LogP contribution in [0, 0.1) is 0 Å². The highest BCUT2D eigenvalue weighted by atomic mass is 15.2. The van der Waals surface area contributed by atoms with Gasteiger partial charge >= 0.3 is 0 Å². The second-order valence-electron chi connectivity index (χ2n) is 6.32. The molecule has 0 bridgehead atoms. The molecule has 3 aromatic rings. The second-order valence-corrected chi connectivity index (χ2v) is 6.32. The Kier molecular flexibility index (Phi) is 3.99. The third kappa shape index (κ3) is 3.22. The molecule has 4 nitrogen and oxygen atoms in total. The Morgan fingerprint density at radius 2 is 2.22 bits per heavy atom. The van der Waals surface area contributed by atoms with Crippen LogP contribution >= 0.6 is 0 Å². The predicted molar refractivity (Wildman–Crippen MR) is 94.5 cm³/mol. The molecule has 1 aliphatic heterocycles. The van der Waals surface area contributed by atoms with Crippen LogP contribution in [0.2, 0.25) is 0 Å². The van der Waals surface area contributed by atoms with Gasteiger partial charge in [0.1, 0.15) is 0 Å². The van der Waals surface area contributed by atoms with Crippen LogP contribution in [0.5, 0.6) is 0 Å². The number of anilines is 1. The quantitative estimate of drug-likeness (QED) is 0.773. The van der Waals surface area contributed by atoms with Gasteiger partial charge in [0.15, 0.2) is 0 Å². The number of nitrogens with one attached hydrogen (secondary N) is 2. The molecule has 0 saturated carbocycles. The lowest BCUT2D eigenvalue weighted by atomic mass is 10.0. The van der Waals surface area contributed by atoms with E-state index in [1.54, 1.807) is 0 Å². The minimum atomic E-state index is 0.498. The smallest absolute Gasteiger partial charge is 0.0423 e. The fourth-order valence-electron chi connectivity index (χ4n) is 3.49. The number of nitrogens with zero attached hydrogens (tertiary/aromatic N) is 2. The molecule has 1 aromatic carbocycles. The maximum absolute atomic E-state index is 4.22. The van der Waals surface area contributed by atoms with Gasteiger partial charge in [-0.25, -0.2) is 0 Å². The van der Waals surface area contributed by atoms with E-state index in [9.17, 15) is 0 Å². The molecule has 4 heteroatoms. The molecular weight excluding hydrogens is 284 g/mol. The molecule has 0 spiro atoms. The molecule has 1 saturated heterocycles. The fraction of sp³-hybridized carbons (Fsp3) is 0.316. The number of hydrogen-bond donors (Lipinski definition) is 2. The van der Waals surface area contributed by atoms with Crippen molar-refractivity contribution in [2.45, 2.75) is 25.4 Å². The van der Waals surface area contributed by atoms with E-state index in [2.05, 4.69) is 56.6 Å². The van der Waals surface area contributed by atoms with Crippen molar-refractivity contribution in [3.8, 4) is 0 Å². The summed E-state index contributed by atoms with van der Waals surface area (Å²) < 4.78 is 0. The minimum Gasteiger partial charge on any atom is -0.381 e. The van der Waals surface area contributed by atoms with Crippen molar-refractivity contribution >= 4 is 16.5 Å². The average Bonchev–Trinajstić information content (AvgIpc) is 3.09. The van der Waals surface area contributed by atoms with Gasteiger partial charge in [-0.2, -0.15) is 0 Å². The molecule has 2 N–H and O–H groups in total. The number of hydrogen-bond acceptors (Lipinski definition) is 3. The topological polar surface area (TPSA) is 44.0 Å². The van der Waals surface area contributed by atoms with Crippen molar-refractivity contribution in [2.75, 3.05) is 18.4 Å². The monoisotopic (exact) mass is 306 g/mol. The van der Waals surface area contributed by atoms with Crippen molar-refractivity contribution in [1.82, 2.24) is 14.9 Å². The fourth-order valence-corrected chi connectivity index (χ4v) is 3.49. The summed E-state index contributed by atoms with van der Waals surface area (Å²) in [7, 11) is 0. The van der Waals surface area contributed by atoms with Crippen LogP contribution in [0.1, 0.15) is 18.5 Å². The Balaban J connectivity index is 1.47. The van der Waals surface area contributed by atoms with E-state index in [-0.39, 0.29) is 0 Å². The van der Waals surface area contributed by atoms with E-state index in [1.807, 2.05) is 18.6 Å².